The summed E-state index contributed by atoms with van der Waals surface area (Å²) in [5.74, 6) is 1.39. The van der Waals surface area contributed by atoms with Crippen LogP contribution in [0.5, 0.6) is 0 Å². The van der Waals surface area contributed by atoms with Gasteiger partial charge >= 0.3 is 0 Å². The SMILES string of the molecule is CCC1CCC(NC(=O)[C@H](N)CC(C)C)CC1. The number of carbonyl (C=O) groups is 1. The Kier molecular flexibility index (Phi) is 5.96. The molecule has 0 radical (unpaired) electrons. The van der Waals surface area contributed by atoms with E-state index in [2.05, 4.69) is 26.1 Å². The molecule has 0 bridgehead atoms. The summed E-state index contributed by atoms with van der Waals surface area (Å²) in [5.41, 5.74) is 5.88. The molecule has 1 saturated carbocycles. The highest BCUT2D eigenvalue weighted by Crippen LogP contribution is 2.26. The number of carbonyl (C=O) groups excluding carboxylic acids is 1. The zero-order chi connectivity index (χ0) is 12.8. The highest BCUT2D eigenvalue weighted by Gasteiger charge is 2.23. The molecule has 0 aromatic carbocycles. The van der Waals surface area contributed by atoms with Crippen molar-refractivity contribution in [3.05, 3.63) is 0 Å². The van der Waals surface area contributed by atoms with Gasteiger partial charge in [0.2, 0.25) is 5.91 Å². The van der Waals surface area contributed by atoms with Crippen LogP contribution in [0, 0.1) is 11.8 Å². The molecule has 1 aliphatic rings. The number of amides is 1. The molecular formula is C14H28N2O. The molecule has 1 aliphatic carbocycles. The molecule has 0 aromatic heterocycles. The standard InChI is InChI=1S/C14H28N2O/c1-4-11-5-7-12(8-6-11)16-14(17)13(15)9-10(2)3/h10-13H,4-9,15H2,1-3H3,(H,16,17)/t11?,12?,13-/m1/s1. The molecule has 0 heterocycles. The summed E-state index contributed by atoms with van der Waals surface area (Å²) in [6, 6.07) is 0.0300. The lowest BCUT2D eigenvalue weighted by Crippen LogP contribution is -2.46. The number of hydrogen-bond acceptors (Lipinski definition) is 2. The van der Waals surface area contributed by atoms with Gasteiger partial charge in [0.05, 0.1) is 6.04 Å². The van der Waals surface area contributed by atoms with E-state index in [1.807, 2.05) is 0 Å². The molecular weight excluding hydrogens is 212 g/mol. The second-order valence-corrected chi connectivity index (χ2v) is 5.87. The van der Waals surface area contributed by atoms with E-state index in [9.17, 15) is 4.79 Å². The molecule has 3 nitrogen and oxygen atoms in total. The van der Waals surface area contributed by atoms with E-state index in [-0.39, 0.29) is 11.9 Å². The monoisotopic (exact) mass is 240 g/mol. The molecule has 3 heteroatoms. The summed E-state index contributed by atoms with van der Waals surface area (Å²) < 4.78 is 0. The van der Waals surface area contributed by atoms with Crippen LogP contribution < -0.4 is 11.1 Å². The summed E-state index contributed by atoms with van der Waals surface area (Å²) in [5, 5.41) is 3.10. The molecule has 3 N–H and O–H groups in total. The van der Waals surface area contributed by atoms with E-state index in [1.54, 1.807) is 0 Å². The third kappa shape index (κ3) is 5.07. The van der Waals surface area contributed by atoms with Gasteiger partial charge in [-0.3, -0.25) is 4.79 Å². The Morgan fingerprint density at radius 1 is 1.29 bits per heavy atom. The zero-order valence-electron chi connectivity index (χ0n) is 11.5. The maximum Gasteiger partial charge on any atom is 0.237 e. The first kappa shape index (κ1) is 14.5. The van der Waals surface area contributed by atoms with Crippen LogP contribution in [-0.4, -0.2) is 18.0 Å². The molecule has 0 saturated heterocycles. The largest absolute Gasteiger partial charge is 0.352 e. The van der Waals surface area contributed by atoms with Crippen LogP contribution in [-0.2, 0) is 4.79 Å². The molecule has 100 valence electrons. The van der Waals surface area contributed by atoms with Crippen molar-refractivity contribution in [2.75, 3.05) is 0 Å². The van der Waals surface area contributed by atoms with Crippen molar-refractivity contribution in [3.63, 3.8) is 0 Å². The van der Waals surface area contributed by atoms with Crippen LogP contribution in [0.25, 0.3) is 0 Å². The average molecular weight is 240 g/mol. The van der Waals surface area contributed by atoms with Crippen molar-refractivity contribution in [3.8, 4) is 0 Å². The van der Waals surface area contributed by atoms with Gasteiger partial charge in [-0.2, -0.15) is 0 Å². The smallest absolute Gasteiger partial charge is 0.237 e. The van der Waals surface area contributed by atoms with E-state index in [0.717, 1.165) is 25.2 Å². The lowest BCUT2D eigenvalue weighted by Gasteiger charge is -2.29. The van der Waals surface area contributed by atoms with Crippen molar-refractivity contribution in [2.45, 2.75) is 71.4 Å². The van der Waals surface area contributed by atoms with Gasteiger partial charge in [-0.15, -0.1) is 0 Å². The minimum Gasteiger partial charge on any atom is -0.352 e. The van der Waals surface area contributed by atoms with Gasteiger partial charge in [0.25, 0.3) is 0 Å². The van der Waals surface area contributed by atoms with E-state index in [1.165, 1.54) is 19.3 Å². The van der Waals surface area contributed by atoms with Gasteiger partial charge in [0.15, 0.2) is 0 Å². The predicted octanol–water partition coefficient (Wildman–Crippen LogP) is 2.44. The Bertz CT molecular complexity index is 232. The quantitative estimate of drug-likeness (QED) is 0.775. The summed E-state index contributed by atoms with van der Waals surface area (Å²) >= 11 is 0. The van der Waals surface area contributed by atoms with Crippen LogP contribution >= 0.6 is 0 Å². The van der Waals surface area contributed by atoms with Crippen molar-refractivity contribution in [1.29, 1.82) is 0 Å². The molecule has 17 heavy (non-hydrogen) atoms. The topological polar surface area (TPSA) is 55.1 Å². The molecule has 1 atom stereocenters. The Balaban J connectivity index is 2.27. The van der Waals surface area contributed by atoms with Crippen molar-refractivity contribution in [2.24, 2.45) is 17.6 Å². The van der Waals surface area contributed by atoms with Crippen LogP contribution in [0.3, 0.4) is 0 Å². The van der Waals surface area contributed by atoms with E-state index in [4.69, 9.17) is 5.73 Å². The highest BCUT2D eigenvalue weighted by molar-refractivity contribution is 5.81. The first-order chi connectivity index (χ1) is 8.02. The van der Waals surface area contributed by atoms with Gasteiger partial charge in [-0.1, -0.05) is 27.2 Å². The molecule has 0 unspecified atom stereocenters. The van der Waals surface area contributed by atoms with Gasteiger partial charge < -0.3 is 11.1 Å². The fourth-order valence-corrected chi connectivity index (χ4v) is 2.64. The lowest BCUT2D eigenvalue weighted by molar-refractivity contribution is -0.123. The molecule has 1 amide bonds. The van der Waals surface area contributed by atoms with Crippen molar-refractivity contribution >= 4 is 5.91 Å². The Morgan fingerprint density at radius 3 is 2.35 bits per heavy atom. The average Bonchev–Trinajstić information content (AvgIpc) is 2.29. The van der Waals surface area contributed by atoms with E-state index >= 15 is 0 Å². The summed E-state index contributed by atoms with van der Waals surface area (Å²) in [7, 11) is 0. The van der Waals surface area contributed by atoms with Crippen molar-refractivity contribution in [1.82, 2.24) is 5.32 Å². The first-order valence-corrected chi connectivity index (χ1v) is 7.08. The van der Waals surface area contributed by atoms with Crippen molar-refractivity contribution < 1.29 is 4.79 Å². The van der Waals surface area contributed by atoms with Crippen LogP contribution in [0.15, 0.2) is 0 Å². The van der Waals surface area contributed by atoms with E-state index < -0.39 is 0 Å². The van der Waals surface area contributed by atoms with E-state index in [0.29, 0.717) is 12.0 Å². The van der Waals surface area contributed by atoms with Gasteiger partial charge in [0.1, 0.15) is 0 Å². The number of hydrogen-bond donors (Lipinski definition) is 2. The zero-order valence-corrected chi connectivity index (χ0v) is 11.5. The molecule has 0 spiro atoms. The van der Waals surface area contributed by atoms with Crippen LogP contribution in [0.4, 0.5) is 0 Å². The number of rotatable bonds is 5. The fraction of sp³-hybridized carbons (Fsp3) is 0.929. The maximum absolute atomic E-state index is 11.9. The molecule has 1 fully saturated rings. The molecule has 1 rings (SSSR count). The lowest BCUT2D eigenvalue weighted by atomic mass is 9.84. The number of nitrogens with one attached hydrogen (secondary N) is 1. The predicted molar refractivity (Wildman–Crippen MR) is 71.6 cm³/mol. The Morgan fingerprint density at radius 2 is 1.88 bits per heavy atom. The third-order valence-corrected chi connectivity index (χ3v) is 3.83. The van der Waals surface area contributed by atoms with Gasteiger partial charge in [-0.25, -0.2) is 0 Å². The minimum absolute atomic E-state index is 0.0404. The summed E-state index contributed by atoms with van der Waals surface area (Å²) in [6.45, 7) is 6.45. The maximum atomic E-state index is 11.9. The second-order valence-electron chi connectivity index (χ2n) is 5.87. The third-order valence-electron chi connectivity index (χ3n) is 3.83. The first-order valence-electron chi connectivity index (χ1n) is 7.08. The Hall–Kier alpha value is -0.570. The molecule has 0 aliphatic heterocycles. The minimum atomic E-state index is -0.334. The Labute approximate surface area is 106 Å². The van der Waals surface area contributed by atoms with Gasteiger partial charge in [0, 0.05) is 6.04 Å². The van der Waals surface area contributed by atoms with Crippen LogP contribution in [0.2, 0.25) is 0 Å². The molecule has 0 aromatic rings. The normalized spacial score (nSPS) is 26.9. The fourth-order valence-electron chi connectivity index (χ4n) is 2.64. The summed E-state index contributed by atoms with van der Waals surface area (Å²) in [4.78, 5) is 11.9. The highest BCUT2D eigenvalue weighted by atomic mass is 16.2. The second kappa shape index (κ2) is 7.00. The van der Waals surface area contributed by atoms with Crippen LogP contribution in [0.1, 0.15) is 59.3 Å². The van der Waals surface area contributed by atoms with Gasteiger partial charge in [-0.05, 0) is 43.9 Å². The summed E-state index contributed by atoms with van der Waals surface area (Å²) in [6.07, 6.45) is 6.79. The number of nitrogens with two attached hydrogens (primary N) is 1.